The van der Waals surface area contributed by atoms with E-state index in [9.17, 15) is 4.79 Å². The number of hydrogen-bond acceptors (Lipinski definition) is 5. The number of hydrogen-bond donors (Lipinski definition) is 3. The van der Waals surface area contributed by atoms with Crippen molar-refractivity contribution in [2.75, 3.05) is 5.32 Å². The Balaban J connectivity index is 2.18. The first-order chi connectivity index (χ1) is 13.9. The molecule has 0 aliphatic rings. The minimum atomic E-state index is -0.135. The second-order valence-electron chi connectivity index (χ2n) is 7.51. The molecule has 2 heterocycles. The fourth-order valence-corrected chi connectivity index (χ4v) is 4.06. The normalized spacial score (nSPS) is 11.1. The van der Waals surface area contributed by atoms with Crippen LogP contribution in [0.15, 0.2) is 41.8 Å². The molecule has 152 valence electrons. The number of carbonyl (C=O) groups is 1. The van der Waals surface area contributed by atoms with Crippen molar-refractivity contribution in [1.82, 2.24) is 4.98 Å². The number of benzene rings is 1. The number of nitrogens with zero attached hydrogens (tertiary/aromatic N) is 1. The number of carbonyl (C=O) groups excluding carboxylic acids is 1. The van der Waals surface area contributed by atoms with Crippen molar-refractivity contribution >= 4 is 22.9 Å². The maximum atomic E-state index is 12.8. The lowest BCUT2D eigenvalue weighted by Gasteiger charge is -2.21. The molecule has 0 radical (unpaired) electrons. The number of aromatic nitrogens is 1. The molecule has 0 saturated carbocycles. The third kappa shape index (κ3) is 4.72. The molecule has 5 nitrogen and oxygen atoms in total. The summed E-state index contributed by atoms with van der Waals surface area (Å²) in [6, 6.07) is 11.8. The molecular weight excluding hydrogens is 380 g/mol. The molecule has 3 aromatic rings. The average Bonchev–Trinajstić information content (AvgIpc) is 3.24. The van der Waals surface area contributed by atoms with Crippen molar-refractivity contribution in [3.05, 3.63) is 69.2 Å². The van der Waals surface area contributed by atoms with Gasteiger partial charge in [0.2, 0.25) is 0 Å². The molecule has 2 aromatic heterocycles. The summed E-state index contributed by atoms with van der Waals surface area (Å²) in [6.07, 6.45) is 0.834. The molecule has 3 rings (SSSR count). The maximum absolute atomic E-state index is 12.8. The predicted octanol–water partition coefficient (Wildman–Crippen LogP) is 4.49. The third-order valence-electron chi connectivity index (χ3n) is 4.83. The topological polar surface area (TPSA) is 94.0 Å². The van der Waals surface area contributed by atoms with Crippen LogP contribution in [0, 0.1) is 12.8 Å². The van der Waals surface area contributed by atoms with Gasteiger partial charge in [-0.05, 0) is 47.4 Å². The summed E-state index contributed by atoms with van der Waals surface area (Å²) < 4.78 is 0. The van der Waals surface area contributed by atoms with Gasteiger partial charge < -0.3 is 16.8 Å². The summed E-state index contributed by atoms with van der Waals surface area (Å²) in [7, 11) is 0. The Hall–Kier alpha value is -2.54. The number of nitrogens with one attached hydrogen (secondary N) is 1. The molecule has 0 saturated heterocycles. The fourth-order valence-electron chi connectivity index (χ4n) is 3.44. The zero-order chi connectivity index (χ0) is 21.0. The lowest BCUT2D eigenvalue weighted by Crippen LogP contribution is -2.17. The van der Waals surface area contributed by atoms with Crippen LogP contribution in [0.5, 0.6) is 0 Å². The first kappa shape index (κ1) is 21.2. The minimum Gasteiger partial charge on any atom is -0.326 e. The first-order valence-corrected chi connectivity index (χ1v) is 10.7. The van der Waals surface area contributed by atoms with Crippen LogP contribution >= 0.6 is 11.3 Å². The first-order valence-electron chi connectivity index (χ1n) is 9.81. The Kier molecular flexibility index (Phi) is 6.79. The van der Waals surface area contributed by atoms with Crippen molar-refractivity contribution in [2.24, 2.45) is 17.4 Å². The third-order valence-corrected chi connectivity index (χ3v) is 5.70. The van der Waals surface area contributed by atoms with Crippen molar-refractivity contribution in [2.45, 2.75) is 40.3 Å². The molecule has 1 aromatic carbocycles. The molecule has 0 atom stereocenters. The van der Waals surface area contributed by atoms with Gasteiger partial charge in [0.1, 0.15) is 0 Å². The molecule has 0 fully saturated rings. The van der Waals surface area contributed by atoms with E-state index >= 15 is 0 Å². The molecule has 1 amide bonds. The van der Waals surface area contributed by atoms with Gasteiger partial charge in [-0.2, -0.15) is 0 Å². The van der Waals surface area contributed by atoms with Crippen LogP contribution in [0.4, 0.5) is 5.69 Å². The number of anilines is 1. The van der Waals surface area contributed by atoms with E-state index in [-0.39, 0.29) is 5.91 Å². The van der Waals surface area contributed by atoms with Crippen LogP contribution in [-0.4, -0.2) is 10.9 Å². The Morgan fingerprint density at radius 3 is 2.41 bits per heavy atom. The van der Waals surface area contributed by atoms with Gasteiger partial charge in [-0.25, -0.2) is 0 Å². The lowest BCUT2D eigenvalue weighted by atomic mass is 9.92. The Labute approximate surface area is 176 Å². The summed E-state index contributed by atoms with van der Waals surface area (Å²) in [5.74, 6) is 0.315. The van der Waals surface area contributed by atoms with E-state index in [1.807, 2.05) is 48.7 Å². The Morgan fingerprint density at radius 1 is 1.14 bits per heavy atom. The summed E-state index contributed by atoms with van der Waals surface area (Å²) in [5, 5.41) is 4.98. The molecule has 0 unspecified atom stereocenters. The zero-order valence-electron chi connectivity index (χ0n) is 17.2. The van der Waals surface area contributed by atoms with Crippen molar-refractivity contribution in [1.29, 1.82) is 0 Å². The molecule has 29 heavy (non-hydrogen) atoms. The number of thiophene rings is 1. The van der Waals surface area contributed by atoms with E-state index in [4.69, 9.17) is 16.5 Å². The largest absolute Gasteiger partial charge is 0.326 e. The van der Waals surface area contributed by atoms with E-state index < -0.39 is 0 Å². The van der Waals surface area contributed by atoms with Gasteiger partial charge in [-0.1, -0.05) is 44.2 Å². The maximum Gasteiger partial charge on any atom is 0.265 e. The Bertz CT molecular complexity index is 979. The number of rotatable bonds is 7. The van der Waals surface area contributed by atoms with E-state index in [0.717, 1.165) is 45.7 Å². The summed E-state index contributed by atoms with van der Waals surface area (Å²) in [4.78, 5) is 18.3. The average molecular weight is 409 g/mol. The van der Waals surface area contributed by atoms with Gasteiger partial charge in [-0.15, -0.1) is 11.3 Å². The van der Waals surface area contributed by atoms with Gasteiger partial charge in [-0.3, -0.25) is 9.78 Å². The summed E-state index contributed by atoms with van der Waals surface area (Å²) in [6.45, 7) is 7.11. The number of nitrogens with two attached hydrogens (primary N) is 2. The molecule has 6 heteroatoms. The SMILES string of the molecule is Cc1nc(CC(C)C)c(CN)c(-c2ccc(CN)cc2)c1NC(=O)c1cccs1. The van der Waals surface area contributed by atoms with Gasteiger partial charge in [0.15, 0.2) is 0 Å². The van der Waals surface area contributed by atoms with E-state index in [2.05, 4.69) is 19.2 Å². The highest BCUT2D eigenvalue weighted by atomic mass is 32.1. The van der Waals surface area contributed by atoms with Crippen LogP contribution in [-0.2, 0) is 19.5 Å². The number of aryl methyl sites for hydroxylation is 1. The van der Waals surface area contributed by atoms with Crippen LogP contribution in [0.2, 0.25) is 0 Å². The monoisotopic (exact) mass is 408 g/mol. The number of pyridine rings is 1. The predicted molar refractivity (Wildman–Crippen MR) is 121 cm³/mol. The standard InChI is InChI=1S/C23H28N4OS/c1-14(2)11-19-18(13-25)21(17-8-6-16(12-24)7-9-17)22(15(3)26-19)27-23(28)20-5-4-10-29-20/h4-10,14H,11-13,24-25H2,1-3H3,(H,27,28). The quantitative estimate of drug-likeness (QED) is 0.537. The highest BCUT2D eigenvalue weighted by Crippen LogP contribution is 2.36. The molecule has 0 bridgehead atoms. The molecule has 0 aliphatic heterocycles. The summed E-state index contributed by atoms with van der Waals surface area (Å²) in [5.41, 5.74) is 18.4. The van der Waals surface area contributed by atoms with Crippen molar-refractivity contribution in [3.63, 3.8) is 0 Å². The molecule has 0 aliphatic carbocycles. The van der Waals surface area contributed by atoms with E-state index in [1.165, 1.54) is 11.3 Å². The minimum absolute atomic E-state index is 0.135. The lowest BCUT2D eigenvalue weighted by molar-refractivity contribution is 0.103. The summed E-state index contributed by atoms with van der Waals surface area (Å²) >= 11 is 1.41. The van der Waals surface area contributed by atoms with Gasteiger partial charge in [0.25, 0.3) is 5.91 Å². The van der Waals surface area contributed by atoms with Crippen LogP contribution < -0.4 is 16.8 Å². The van der Waals surface area contributed by atoms with Crippen molar-refractivity contribution < 1.29 is 4.79 Å². The van der Waals surface area contributed by atoms with E-state index in [0.29, 0.717) is 23.9 Å². The molecule has 0 spiro atoms. The van der Waals surface area contributed by atoms with Crippen LogP contribution in [0.1, 0.15) is 46.0 Å². The van der Waals surface area contributed by atoms with Gasteiger partial charge in [0.05, 0.1) is 16.3 Å². The van der Waals surface area contributed by atoms with Gasteiger partial charge >= 0.3 is 0 Å². The number of amides is 1. The molecular formula is C23H28N4OS. The second kappa shape index (κ2) is 9.31. The zero-order valence-corrected chi connectivity index (χ0v) is 18.0. The second-order valence-corrected chi connectivity index (χ2v) is 8.45. The molecule has 5 N–H and O–H groups in total. The Morgan fingerprint density at radius 2 is 1.86 bits per heavy atom. The fraction of sp³-hybridized carbons (Fsp3) is 0.304. The highest BCUT2D eigenvalue weighted by Gasteiger charge is 2.21. The van der Waals surface area contributed by atoms with E-state index in [1.54, 1.807) is 0 Å². The van der Waals surface area contributed by atoms with Gasteiger partial charge in [0, 0.05) is 24.3 Å². The smallest absolute Gasteiger partial charge is 0.265 e. The van der Waals surface area contributed by atoms with Crippen LogP contribution in [0.3, 0.4) is 0 Å². The van der Waals surface area contributed by atoms with Crippen LogP contribution in [0.25, 0.3) is 11.1 Å². The highest BCUT2D eigenvalue weighted by molar-refractivity contribution is 7.12. The van der Waals surface area contributed by atoms with Crippen molar-refractivity contribution in [3.8, 4) is 11.1 Å².